The first-order chi connectivity index (χ1) is 12.6. The van der Waals surface area contributed by atoms with E-state index in [1.54, 1.807) is 24.0 Å². The quantitative estimate of drug-likeness (QED) is 0.396. The van der Waals surface area contributed by atoms with Gasteiger partial charge in [-0.1, -0.05) is 25.5 Å². The van der Waals surface area contributed by atoms with Gasteiger partial charge < -0.3 is 14.4 Å². The molecule has 0 aliphatic carbocycles. The van der Waals surface area contributed by atoms with Gasteiger partial charge in [-0.2, -0.15) is 0 Å². The van der Waals surface area contributed by atoms with E-state index in [4.69, 9.17) is 9.47 Å². The highest BCUT2D eigenvalue weighted by Crippen LogP contribution is 2.07. The van der Waals surface area contributed by atoms with Crippen LogP contribution >= 0.6 is 0 Å². The van der Waals surface area contributed by atoms with E-state index >= 15 is 0 Å². The molecule has 0 aliphatic heterocycles. The van der Waals surface area contributed by atoms with Crippen LogP contribution in [0.1, 0.15) is 45.1 Å². The molecule has 0 radical (unpaired) electrons. The molecule has 0 spiro atoms. The fourth-order valence-corrected chi connectivity index (χ4v) is 2.42. The molecule has 26 heavy (non-hydrogen) atoms. The van der Waals surface area contributed by atoms with Crippen molar-refractivity contribution in [2.24, 2.45) is 0 Å². The van der Waals surface area contributed by atoms with Gasteiger partial charge in [-0.05, 0) is 37.5 Å². The van der Waals surface area contributed by atoms with E-state index in [2.05, 4.69) is 6.92 Å². The number of ether oxygens (including phenoxy) is 2. The first-order valence-electron chi connectivity index (χ1n) is 9.32. The number of rotatable bonds is 13. The Balaban J connectivity index is 2.52. The predicted octanol–water partition coefficient (Wildman–Crippen LogP) is 3.36. The minimum absolute atomic E-state index is 0.0885. The second-order valence-corrected chi connectivity index (χ2v) is 6.06. The van der Waals surface area contributed by atoms with Crippen LogP contribution < -0.4 is 0 Å². The summed E-state index contributed by atoms with van der Waals surface area (Å²) in [6.45, 7) is 6.33. The highest BCUT2D eigenvalue weighted by atomic mass is 19.1. The Kier molecular flexibility index (Phi) is 11.3. The first-order valence-corrected chi connectivity index (χ1v) is 9.32. The molecular formula is C20H30FNO4. The number of amides is 1. The van der Waals surface area contributed by atoms with Gasteiger partial charge in [-0.25, -0.2) is 4.39 Å². The van der Waals surface area contributed by atoms with Crippen molar-refractivity contribution in [2.75, 3.05) is 32.9 Å². The summed E-state index contributed by atoms with van der Waals surface area (Å²) >= 11 is 0. The van der Waals surface area contributed by atoms with Crippen molar-refractivity contribution < 1.29 is 23.5 Å². The lowest BCUT2D eigenvalue weighted by Crippen LogP contribution is -2.35. The molecular weight excluding hydrogens is 337 g/mol. The Morgan fingerprint density at radius 1 is 1.04 bits per heavy atom. The lowest BCUT2D eigenvalue weighted by molar-refractivity contribution is -0.144. The zero-order valence-electron chi connectivity index (χ0n) is 15.8. The Bertz CT molecular complexity index is 533. The number of halogens is 1. The summed E-state index contributed by atoms with van der Waals surface area (Å²) in [5.41, 5.74) is 0.747. The number of nitrogens with zero attached hydrogens (tertiary/aromatic N) is 1. The highest BCUT2D eigenvalue weighted by Gasteiger charge is 2.16. The second-order valence-electron chi connectivity index (χ2n) is 6.06. The van der Waals surface area contributed by atoms with Gasteiger partial charge in [0.05, 0.1) is 19.4 Å². The fraction of sp³-hybridized carbons (Fsp3) is 0.600. The molecule has 0 bridgehead atoms. The Labute approximate surface area is 155 Å². The van der Waals surface area contributed by atoms with Crippen molar-refractivity contribution in [2.45, 2.75) is 46.0 Å². The molecule has 1 rings (SSSR count). The van der Waals surface area contributed by atoms with Gasteiger partial charge in [-0.15, -0.1) is 0 Å². The van der Waals surface area contributed by atoms with Crippen LogP contribution in [-0.4, -0.2) is 49.7 Å². The van der Waals surface area contributed by atoms with E-state index in [1.165, 1.54) is 12.1 Å². The number of benzene rings is 1. The van der Waals surface area contributed by atoms with Gasteiger partial charge in [0.25, 0.3) is 0 Å². The third kappa shape index (κ3) is 9.51. The molecule has 1 amide bonds. The van der Waals surface area contributed by atoms with Crippen LogP contribution in [0.25, 0.3) is 0 Å². The van der Waals surface area contributed by atoms with E-state index in [-0.39, 0.29) is 30.5 Å². The normalized spacial score (nSPS) is 10.6. The molecule has 1 aromatic carbocycles. The SMILES string of the molecule is CCCCOCCCN(CCC(=O)OCC)C(=O)Cc1ccc(F)cc1. The number of unbranched alkanes of at least 4 members (excludes halogenated alkanes) is 1. The second kappa shape index (κ2) is 13.3. The van der Waals surface area contributed by atoms with Crippen molar-refractivity contribution in [1.82, 2.24) is 4.90 Å². The van der Waals surface area contributed by atoms with Crippen LogP contribution in [0.15, 0.2) is 24.3 Å². The van der Waals surface area contributed by atoms with Crippen LogP contribution in [0, 0.1) is 5.82 Å². The van der Waals surface area contributed by atoms with E-state index in [9.17, 15) is 14.0 Å². The van der Waals surface area contributed by atoms with E-state index in [1.807, 2.05) is 0 Å². The van der Waals surface area contributed by atoms with Gasteiger partial charge in [0.15, 0.2) is 0 Å². The molecule has 0 N–H and O–H groups in total. The Morgan fingerprint density at radius 3 is 2.38 bits per heavy atom. The number of hydrogen-bond donors (Lipinski definition) is 0. The highest BCUT2D eigenvalue weighted by molar-refractivity contribution is 5.79. The topological polar surface area (TPSA) is 55.8 Å². The molecule has 0 heterocycles. The number of carbonyl (C=O) groups is 2. The summed E-state index contributed by atoms with van der Waals surface area (Å²) in [5, 5.41) is 0. The molecule has 5 nitrogen and oxygen atoms in total. The van der Waals surface area contributed by atoms with Crippen molar-refractivity contribution in [1.29, 1.82) is 0 Å². The first kappa shape index (κ1) is 22.1. The molecule has 146 valence electrons. The Hall–Kier alpha value is -1.95. The van der Waals surface area contributed by atoms with Gasteiger partial charge in [0.2, 0.25) is 5.91 Å². The van der Waals surface area contributed by atoms with Gasteiger partial charge in [-0.3, -0.25) is 9.59 Å². The standard InChI is InChI=1S/C20H30FNO4/c1-3-5-14-25-15-6-12-22(13-11-20(24)26-4-2)19(23)16-17-7-9-18(21)10-8-17/h7-10H,3-6,11-16H2,1-2H3. The smallest absolute Gasteiger partial charge is 0.307 e. The van der Waals surface area contributed by atoms with Crippen LogP contribution in [0.4, 0.5) is 4.39 Å². The molecule has 0 saturated carbocycles. The average molecular weight is 367 g/mol. The Morgan fingerprint density at radius 2 is 1.73 bits per heavy atom. The molecule has 0 aromatic heterocycles. The third-order valence-corrected chi connectivity index (χ3v) is 3.87. The van der Waals surface area contributed by atoms with Crippen LogP contribution in [0.3, 0.4) is 0 Å². The third-order valence-electron chi connectivity index (χ3n) is 3.87. The molecule has 6 heteroatoms. The number of esters is 1. The van der Waals surface area contributed by atoms with Crippen molar-refractivity contribution >= 4 is 11.9 Å². The number of hydrogen-bond acceptors (Lipinski definition) is 4. The molecule has 0 saturated heterocycles. The maximum Gasteiger partial charge on any atom is 0.307 e. The minimum Gasteiger partial charge on any atom is -0.466 e. The molecule has 0 atom stereocenters. The van der Waals surface area contributed by atoms with E-state index in [0.717, 1.165) is 25.0 Å². The number of carbonyl (C=O) groups excluding carboxylic acids is 2. The van der Waals surface area contributed by atoms with Crippen LogP contribution in [0.2, 0.25) is 0 Å². The van der Waals surface area contributed by atoms with Crippen LogP contribution in [-0.2, 0) is 25.5 Å². The average Bonchev–Trinajstić information content (AvgIpc) is 2.62. The monoisotopic (exact) mass is 367 g/mol. The molecule has 0 fully saturated rings. The molecule has 0 aliphatic rings. The largest absolute Gasteiger partial charge is 0.466 e. The van der Waals surface area contributed by atoms with Crippen molar-refractivity contribution in [3.05, 3.63) is 35.6 Å². The zero-order valence-corrected chi connectivity index (χ0v) is 15.8. The summed E-state index contributed by atoms with van der Waals surface area (Å²) in [7, 11) is 0. The van der Waals surface area contributed by atoms with Gasteiger partial charge in [0, 0.05) is 26.3 Å². The van der Waals surface area contributed by atoms with E-state index < -0.39 is 0 Å². The molecule has 0 unspecified atom stereocenters. The summed E-state index contributed by atoms with van der Waals surface area (Å²) in [4.78, 5) is 25.8. The van der Waals surface area contributed by atoms with Crippen molar-refractivity contribution in [3.63, 3.8) is 0 Å². The van der Waals surface area contributed by atoms with Crippen LogP contribution in [0.5, 0.6) is 0 Å². The van der Waals surface area contributed by atoms with Crippen molar-refractivity contribution in [3.8, 4) is 0 Å². The summed E-state index contributed by atoms with van der Waals surface area (Å²) < 4.78 is 23.5. The van der Waals surface area contributed by atoms with Gasteiger partial charge >= 0.3 is 5.97 Å². The lowest BCUT2D eigenvalue weighted by atomic mass is 10.1. The summed E-state index contributed by atoms with van der Waals surface area (Å²) in [5.74, 6) is -0.731. The summed E-state index contributed by atoms with van der Waals surface area (Å²) in [6, 6.07) is 5.88. The fourth-order valence-electron chi connectivity index (χ4n) is 2.42. The zero-order chi connectivity index (χ0) is 19.2. The predicted molar refractivity (Wildman–Crippen MR) is 98.3 cm³/mol. The van der Waals surface area contributed by atoms with Gasteiger partial charge in [0.1, 0.15) is 5.82 Å². The maximum absolute atomic E-state index is 13.0. The summed E-state index contributed by atoms with van der Waals surface area (Å²) in [6.07, 6.45) is 3.17. The van der Waals surface area contributed by atoms with E-state index in [0.29, 0.717) is 32.7 Å². The maximum atomic E-state index is 13.0. The molecule has 1 aromatic rings. The lowest BCUT2D eigenvalue weighted by Gasteiger charge is -2.22. The minimum atomic E-state index is -0.329.